The second-order valence-electron chi connectivity index (χ2n) is 15.0. The van der Waals surface area contributed by atoms with Gasteiger partial charge in [-0.25, -0.2) is 0 Å². The summed E-state index contributed by atoms with van der Waals surface area (Å²) in [5, 5.41) is 2.67. The number of anilines is 5. The van der Waals surface area contributed by atoms with Crippen LogP contribution in [0.25, 0.3) is 42.4 Å². The van der Waals surface area contributed by atoms with Gasteiger partial charge in [0, 0.05) is 54.0 Å². The number of fused-ring (bicyclic) bond motifs is 7. The van der Waals surface area contributed by atoms with E-state index in [1.807, 2.05) is 11.3 Å². The minimum Gasteiger partial charge on any atom is -0.376 e. The molecular formula is C50H43BN2S. The van der Waals surface area contributed by atoms with Gasteiger partial charge >= 0.3 is 6.85 Å². The van der Waals surface area contributed by atoms with E-state index >= 15 is 0 Å². The van der Waals surface area contributed by atoms with Crippen LogP contribution in [0.1, 0.15) is 50.7 Å². The molecule has 0 aliphatic carbocycles. The molecule has 4 heteroatoms. The second kappa shape index (κ2) is 13.7. The standard InChI is InChI=1S/C50H43BN2S/c1-3-5-17-34-27-28-44(40(29-34)36-19-9-7-10-20-36)52-46-33-49-41(39-24-14-16-26-48(39)54-49)32-43(46)51-50-42(30-35(18-6-4-2)31-47(50)52)38-23-13-15-25-45(38)53(51)37-21-11-8-12-22-37/h7-16,19-33H,3-6,17-18H2,1-2H3. The third-order valence-electron chi connectivity index (χ3n) is 11.6. The molecule has 0 bridgehead atoms. The molecule has 0 saturated heterocycles. The Bertz CT molecular complexity index is 2660. The van der Waals surface area contributed by atoms with Gasteiger partial charge in [0.15, 0.2) is 0 Å². The van der Waals surface area contributed by atoms with Gasteiger partial charge in [0.05, 0.1) is 5.69 Å². The fourth-order valence-corrected chi connectivity index (χ4v) is 10.1. The fourth-order valence-electron chi connectivity index (χ4n) is 9.01. The van der Waals surface area contributed by atoms with Gasteiger partial charge in [-0.05, 0) is 107 Å². The summed E-state index contributed by atoms with van der Waals surface area (Å²) in [6.45, 7) is 4.58. The quantitative estimate of drug-likeness (QED) is 0.137. The Morgan fingerprint density at radius 3 is 2.02 bits per heavy atom. The average Bonchev–Trinajstić information content (AvgIpc) is 3.59. The zero-order chi connectivity index (χ0) is 36.2. The molecule has 1 aromatic heterocycles. The Morgan fingerprint density at radius 2 is 1.20 bits per heavy atom. The Hall–Kier alpha value is -5.58. The number of para-hydroxylation sites is 2. The van der Waals surface area contributed by atoms with Gasteiger partial charge < -0.3 is 9.71 Å². The van der Waals surface area contributed by atoms with E-state index in [1.165, 1.54) is 119 Å². The summed E-state index contributed by atoms with van der Waals surface area (Å²) in [5.74, 6) is 0. The van der Waals surface area contributed by atoms with E-state index in [0.717, 1.165) is 12.8 Å². The molecule has 0 atom stereocenters. The summed E-state index contributed by atoms with van der Waals surface area (Å²) < 4.78 is 2.66. The highest BCUT2D eigenvalue weighted by Gasteiger charge is 2.45. The lowest BCUT2D eigenvalue weighted by molar-refractivity contribution is 0.795. The first-order valence-electron chi connectivity index (χ1n) is 19.8. The van der Waals surface area contributed by atoms with Crippen LogP contribution in [0.2, 0.25) is 0 Å². The summed E-state index contributed by atoms with van der Waals surface area (Å²) in [5.41, 5.74) is 17.0. The number of benzene rings is 7. The van der Waals surface area contributed by atoms with Crippen molar-refractivity contribution in [1.29, 1.82) is 0 Å². The topological polar surface area (TPSA) is 6.48 Å². The van der Waals surface area contributed by atoms with Crippen molar-refractivity contribution in [2.75, 3.05) is 9.71 Å². The zero-order valence-corrected chi connectivity index (χ0v) is 31.9. The van der Waals surface area contributed by atoms with Gasteiger partial charge in [0.1, 0.15) is 0 Å². The lowest BCUT2D eigenvalue weighted by Gasteiger charge is -2.46. The summed E-state index contributed by atoms with van der Waals surface area (Å²) in [6, 6.07) is 57.5. The molecule has 0 amide bonds. The fraction of sp³-hybridized carbons (Fsp3) is 0.160. The van der Waals surface area contributed by atoms with E-state index in [1.54, 1.807) is 0 Å². The van der Waals surface area contributed by atoms with Crippen LogP contribution in [0.15, 0.2) is 152 Å². The number of hydrogen-bond donors (Lipinski definition) is 0. The number of rotatable bonds is 9. The lowest BCUT2D eigenvalue weighted by Crippen LogP contribution is -2.61. The number of aryl methyl sites for hydroxylation is 2. The van der Waals surface area contributed by atoms with Crippen molar-refractivity contribution in [1.82, 2.24) is 0 Å². The number of unbranched alkanes of at least 4 members (excludes halogenated alkanes) is 2. The smallest absolute Gasteiger partial charge is 0.333 e. The Morgan fingerprint density at radius 1 is 0.500 bits per heavy atom. The Kier molecular flexibility index (Phi) is 8.37. The van der Waals surface area contributed by atoms with Crippen LogP contribution in [0, 0.1) is 0 Å². The van der Waals surface area contributed by atoms with Gasteiger partial charge in [-0.3, -0.25) is 0 Å². The van der Waals surface area contributed by atoms with Crippen molar-refractivity contribution >= 4 is 77.7 Å². The van der Waals surface area contributed by atoms with Crippen LogP contribution in [0.5, 0.6) is 0 Å². The summed E-state index contributed by atoms with van der Waals surface area (Å²) in [4.78, 5) is 5.27. The minimum absolute atomic E-state index is 0.00848. The minimum atomic E-state index is -0.00848. The third-order valence-corrected chi connectivity index (χ3v) is 12.7. The van der Waals surface area contributed by atoms with Crippen molar-refractivity contribution < 1.29 is 0 Å². The highest BCUT2D eigenvalue weighted by molar-refractivity contribution is 7.26. The van der Waals surface area contributed by atoms with Gasteiger partial charge in [0.25, 0.3) is 0 Å². The van der Waals surface area contributed by atoms with Crippen molar-refractivity contribution in [3.63, 3.8) is 0 Å². The molecule has 54 heavy (non-hydrogen) atoms. The van der Waals surface area contributed by atoms with Crippen molar-refractivity contribution in [3.05, 3.63) is 163 Å². The summed E-state index contributed by atoms with van der Waals surface area (Å²) in [6.07, 6.45) is 6.85. The van der Waals surface area contributed by atoms with E-state index in [9.17, 15) is 0 Å². The summed E-state index contributed by atoms with van der Waals surface area (Å²) in [7, 11) is 0. The van der Waals surface area contributed by atoms with Crippen LogP contribution in [0.3, 0.4) is 0 Å². The maximum atomic E-state index is 2.65. The van der Waals surface area contributed by atoms with E-state index in [2.05, 4.69) is 175 Å². The molecule has 8 aromatic rings. The predicted octanol–water partition coefficient (Wildman–Crippen LogP) is 13.1. The Balaban J connectivity index is 1.34. The molecule has 0 N–H and O–H groups in total. The van der Waals surface area contributed by atoms with Crippen LogP contribution in [0.4, 0.5) is 28.4 Å². The molecule has 10 rings (SSSR count). The monoisotopic (exact) mass is 714 g/mol. The molecule has 262 valence electrons. The lowest BCUT2D eigenvalue weighted by atomic mass is 9.43. The molecule has 0 radical (unpaired) electrons. The van der Waals surface area contributed by atoms with E-state index in [4.69, 9.17) is 0 Å². The molecule has 2 aliphatic heterocycles. The first-order chi connectivity index (χ1) is 26.7. The second-order valence-corrected chi connectivity index (χ2v) is 16.1. The maximum absolute atomic E-state index is 2.65. The maximum Gasteiger partial charge on any atom is 0.333 e. The number of hydrogen-bond acceptors (Lipinski definition) is 3. The summed E-state index contributed by atoms with van der Waals surface area (Å²) >= 11 is 1.91. The molecule has 0 fully saturated rings. The molecular weight excluding hydrogens is 671 g/mol. The highest BCUT2D eigenvalue weighted by atomic mass is 32.1. The molecule has 0 saturated carbocycles. The first kappa shape index (κ1) is 33.0. The van der Waals surface area contributed by atoms with Crippen LogP contribution >= 0.6 is 11.3 Å². The van der Waals surface area contributed by atoms with Gasteiger partial charge in [-0.1, -0.05) is 130 Å². The first-order valence-corrected chi connectivity index (χ1v) is 20.6. The van der Waals surface area contributed by atoms with Crippen molar-refractivity contribution in [3.8, 4) is 22.3 Å². The molecule has 2 aliphatic rings. The molecule has 0 spiro atoms. The van der Waals surface area contributed by atoms with E-state index in [0.29, 0.717) is 0 Å². The van der Waals surface area contributed by atoms with Crippen LogP contribution < -0.4 is 20.6 Å². The number of thiophene rings is 1. The molecule has 7 aromatic carbocycles. The normalized spacial score (nSPS) is 13.0. The van der Waals surface area contributed by atoms with Crippen LogP contribution in [-0.4, -0.2) is 6.85 Å². The van der Waals surface area contributed by atoms with E-state index in [-0.39, 0.29) is 6.85 Å². The van der Waals surface area contributed by atoms with Gasteiger partial charge in [-0.2, -0.15) is 0 Å². The SMILES string of the molecule is CCCCc1ccc(N2c3cc4sc5ccccc5c4cc3B3c4c(cc(CCCC)cc42)-c2ccccc2N3c2ccccc2)c(-c2ccccc2)c1. The average molecular weight is 715 g/mol. The largest absolute Gasteiger partial charge is 0.376 e. The van der Waals surface area contributed by atoms with Crippen molar-refractivity contribution in [2.24, 2.45) is 0 Å². The molecule has 3 heterocycles. The predicted molar refractivity (Wildman–Crippen MR) is 236 cm³/mol. The molecule has 0 unspecified atom stereocenters. The van der Waals surface area contributed by atoms with E-state index < -0.39 is 0 Å². The number of nitrogens with zero attached hydrogens (tertiary/aromatic N) is 2. The van der Waals surface area contributed by atoms with Gasteiger partial charge in [0.2, 0.25) is 0 Å². The van der Waals surface area contributed by atoms with Gasteiger partial charge in [-0.15, -0.1) is 11.3 Å². The Labute approximate surface area is 323 Å². The van der Waals surface area contributed by atoms with Crippen molar-refractivity contribution in [2.45, 2.75) is 52.4 Å². The van der Waals surface area contributed by atoms with Crippen LogP contribution in [-0.2, 0) is 12.8 Å². The molecule has 2 nitrogen and oxygen atoms in total. The zero-order valence-electron chi connectivity index (χ0n) is 31.1. The third kappa shape index (κ3) is 5.38. The highest BCUT2D eigenvalue weighted by Crippen LogP contribution is 2.50.